The van der Waals surface area contributed by atoms with E-state index in [1.54, 1.807) is 0 Å². The van der Waals surface area contributed by atoms with Crippen LogP contribution in [0, 0.1) is 6.92 Å². The zero-order chi connectivity index (χ0) is 12.0. The van der Waals surface area contributed by atoms with Gasteiger partial charge in [0.25, 0.3) is 0 Å². The van der Waals surface area contributed by atoms with E-state index in [9.17, 15) is 0 Å². The Morgan fingerprint density at radius 2 is 2.25 bits per heavy atom. The molecule has 0 heterocycles. The third-order valence-electron chi connectivity index (χ3n) is 2.01. The molecule has 16 heavy (non-hydrogen) atoms. The molecule has 0 aliphatic carbocycles. The monoisotopic (exact) mass is 240 g/mol. The molecule has 0 atom stereocenters. The number of rotatable bonds is 3. The van der Waals surface area contributed by atoms with Crippen LogP contribution >= 0.6 is 11.6 Å². The van der Waals surface area contributed by atoms with Crippen LogP contribution in [0.25, 0.3) is 0 Å². The van der Waals surface area contributed by atoms with Gasteiger partial charge in [0.2, 0.25) is 5.96 Å². The van der Waals surface area contributed by atoms with Gasteiger partial charge in [-0.05, 0) is 31.0 Å². The second-order valence-electron chi connectivity index (χ2n) is 3.48. The van der Waals surface area contributed by atoms with Crippen LogP contribution in [0.1, 0.15) is 18.9 Å². The Kier molecular flexibility index (Phi) is 5.08. The van der Waals surface area contributed by atoms with Crippen LogP contribution in [0.4, 0.5) is 5.69 Å². The first-order valence-electron chi connectivity index (χ1n) is 5.21. The van der Waals surface area contributed by atoms with Crippen molar-refractivity contribution in [3.05, 3.63) is 28.8 Å². The molecule has 0 bridgehead atoms. The van der Waals surface area contributed by atoms with Gasteiger partial charge < -0.3 is 5.32 Å². The quantitative estimate of drug-likeness (QED) is 0.329. The summed E-state index contributed by atoms with van der Waals surface area (Å²) in [5, 5.41) is 3.69. The van der Waals surface area contributed by atoms with Crippen LogP contribution in [0.15, 0.2) is 23.2 Å². The fourth-order valence-corrected chi connectivity index (χ4v) is 1.48. The van der Waals surface area contributed by atoms with E-state index < -0.39 is 0 Å². The number of hydrogen-bond donors (Lipinski definition) is 3. The lowest BCUT2D eigenvalue weighted by Crippen LogP contribution is -2.36. The molecule has 1 aromatic rings. The van der Waals surface area contributed by atoms with Gasteiger partial charge in [-0.3, -0.25) is 10.4 Å². The second-order valence-corrected chi connectivity index (χ2v) is 3.89. The molecule has 5 heteroatoms. The van der Waals surface area contributed by atoms with Crippen molar-refractivity contribution < 1.29 is 0 Å². The minimum absolute atomic E-state index is 0.521. The predicted octanol–water partition coefficient (Wildman–Crippen LogP) is 2.29. The first kappa shape index (κ1) is 12.8. The van der Waals surface area contributed by atoms with Gasteiger partial charge in [0.05, 0.1) is 10.7 Å². The Labute approximate surface area is 101 Å². The molecule has 1 rings (SSSR count). The van der Waals surface area contributed by atoms with E-state index in [1.165, 1.54) is 0 Å². The first-order valence-corrected chi connectivity index (χ1v) is 5.59. The van der Waals surface area contributed by atoms with Gasteiger partial charge >= 0.3 is 0 Å². The SMILES string of the molecule is CCCN=C(NN)Nc1ccc(C)cc1Cl. The van der Waals surface area contributed by atoms with E-state index in [4.69, 9.17) is 17.4 Å². The van der Waals surface area contributed by atoms with Crippen LogP contribution in [0.2, 0.25) is 5.02 Å². The van der Waals surface area contributed by atoms with Crippen molar-refractivity contribution >= 4 is 23.2 Å². The molecule has 0 aliphatic heterocycles. The third kappa shape index (κ3) is 3.72. The summed E-state index contributed by atoms with van der Waals surface area (Å²) >= 11 is 6.08. The number of hydrogen-bond acceptors (Lipinski definition) is 2. The van der Waals surface area contributed by atoms with Gasteiger partial charge in [-0.25, -0.2) is 5.84 Å². The van der Waals surface area contributed by atoms with Crippen molar-refractivity contribution in [2.24, 2.45) is 10.8 Å². The number of nitrogens with two attached hydrogens (primary N) is 1. The van der Waals surface area contributed by atoms with Crippen molar-refractivity contribution in [1.82, 2.24) is 5.43 Å². The second kappa shape index (κ2) is 6.35. The third-order valence-corrected chi connectivity index (χ3v) is 2.32. The Hall–Kier alpha value is -1.26. The van der Waals surface area contributed by atoms with Crippen LogP contribution < -0.4 is 16.6 Å². The minimum atomic E-state index is 0.521. The number of anilines is 1. The molecule has 4 N–H and O–H groups in total. The first-order chi connectivity index (χ1) is 7.67. The lowest BCUT2D eigenvalue weighted by atomic mass is 10.2. The number of aryl methyl sites for hydroxylation is 1. The van der Waals surface area contributed by atoms with Gasteiger partial charge in [-0.15, -0.1) is 0 Å². The van der Waals surface area contributed by atoms with Crippen molar-refractivity contribution in [3.8, 4) is 0 Å². The molecule has 0 unspecified atom stereocenters. The zero-order valence-corrected chi connectivity index (χ0v) is 10.3. The van der Waals surface area contributed by atoms with Gasteiger partial charge in [0.1, 0.15) is 0 Å². The molecule has 0 aliphatic rings. The number of aliphatic imine (C=N–C) groups is 1. The predicted molar refractivity (Wildman–Crippen MR) is 69.7 cm³/mol. The summed E-state index contributed by atoms with van der Waals surface area (Å²) in [6.07, 6.45) is 0.967. The van der Waals surface area contributed by atoms with E-state index in [1.807, 2.05) is 25.1 Å². The summed E-state index contributed by atoms with van der Waals surface area (Å²) < 4.78 is 0. The molecular weight excluding hydrogens is 224 g/mol. The molecule has 0 fully saturated rings. The van der Waals surface area contributed by atoms with Crippen LogP contribution in [-0.4, -0.2) is 12.5 Å². The topological polar surface area (TPSA) is 62.4 Å². The largest absolute Gasteiger partial charge is 0.324 e. The molecule has 0 saturated carbocycles. The number of guanidine groups is 1. The molecule has 4 nitrogen and oxygen atoms in total. The summed E-state index contributed by atoms with van der Waals surface area (Å²) in [5.41, 5.74) is 4.41. The Morgan fingerprint density at radius 3 is 2.81 bits per heavy atom. The van der Waals surface area contributed by atoms with Gasteiger partial charge in [0, 0.05) is 6.54 Å². The molecule has 88 valence electrons. The molecule has 0 aromatic heterocycles. The number of halogens is 1. The van der Waals surface area contributed by atoms with E-state index >= 15 is 0 Å². The van der Waals surface area contributed by atoms with Crippen molar-refractivity contribution in [3.63, 3.8) is 0 Å². The normalized spacial score (nSPS) is 11.4. The average Bonchev–Trinajstić information content (AvgIpc) is 2.27. The smallest absolute Gasteiger partial charge is 0.210 e. The highest BCUT2D eigenvalue weighted by atomic mass is 35.5. The molecule has 1 aromatic carbocycles. The van der Waals surface area contributed by atoms with E-state index in [-0.39, 0.29) is 0 Å². The summed E-state index contributed by atoms with van der Waals surface area (Å²) in [5.74, 6) is 5.88. The van der Waals surface area contributed by atoms with E-state index in [2.05, 4.69) is 22.7 Å². The lowest BCUT2D eigenvalue weighted by Gasteiger charge is -2.10. The highest BCUT2D eigenvalue weighted by Crippen LogP contribution is 2.22. The maximum absolute atomic E-state index is 6.08. The Balaban J connectivity index is 2.78. The summed E-state index contributed by atoms with van der Waals surface area (Å²) in [4.78, 5) is 4.23. The van der Waals surface area contributed by atoms with Crippen LogP contribution in [0.3, 0.4) is 0 Å². The fourth-order valence-electron chi connectivity index (χ4n) is 1.19. The highest BCUT2D eigenvalue weighted by molar-refractivity contribution is 6.33. The maximum atomic E-state index is 6.08. The summed E-state index contributed by atoms with van der Waals surface area (Å²) in [7, 11) is 0. The highest BCUT2D eigenvalue weighted by Gasteiger charge is 2.02. The maximum Gasteiger partial charge on any atom is 0.210 e. The van der Waals surface area contributed by atoms with Crippen LogP contribution in [0.5, 0.6) is 0 Å². The molecule has 0 spiro atoms. The average molecular weight is 241 g/mol. The van der Waals surface area contributed by atoms with E-state index in [0.29, 0.717) is 11.0 Å². The van der Waals surface area contributed by atoms with Gasteiger partial charge in [-0.1, -0.05) is 24.6 Å². The van der Waals surface area contributed by atoms with Crippen molar-refractivity contribution in [1.29, 1.82) is 0 Å². The number of benzene rings is 1. The molecule has 0 saturated heterocycles. The standard InChI is InChI=1S/C11H17ClN4/c1-3-6-14-11(16-13)15-10-5-4-8(2)7-9(10)12/h4-5,7H,3,6,13H2,1-2H3,(H2,14,15,16). The Morgan fingerprint density at radius 1 is 1.50 bits per heavy atom. The molecule has 0 amide bonds. The summed E-state index contributed by atoms with van der Waals surface area (Å²) in [6, 6.07) is 5.76. The van der Waals surface area contributed by atoms with Crippen molar-refractivity contribution in [2.45, 2.75) is 20.3 Å². The zero-order valence-electron chi connectivity index (χ0n) is 9.55. The Bertz CT molecular complexity index is 376. The van der Waals surface area contributed by atoms with Gasteiger partial charge in [-0.2, -0.15) is 0 Å². The number of hydrazine groups is 1. The van der Waals surface area contributed by atoms with E-state index in [0.717, 1.165) is 24.2 Å². The van der Waals surface area contributed by atoms with Crippen LogP contribution in [-0.2, 0) is 0 Å². The number of nitrogens with one attached hydrogen (secondary N) is 2. The summed E-state index contributed by atoms with van der Waals surface area (Å²) in [6.45, 7) is 4.76. The lowest BCUT2D eigenvalue weighted by molar-refractivity contribution is 0.905. The number of nitrogens with zero attached hydrogens (tertiary/aromatic N) is 1. The van der Waals surface area contributed by atoms with Crippen molar-refractivity contribution in [2.75, 3.05) is 11.9 Å². The molecular formula is C11H17ClN4. The fraction of sp³-hybridized carbons (Fsp3) is 0.364. The van der Waals surface area contributed by atoms with Gasteiger partial charge in [0.15, 0.2) is 0 Å². The minimum Gasteiger partial charge on any atom is -0.324 e. The molecule has 0 radical (unpaired) electrons.